The molecular formula is C17H17NO4S. The molecule has 23 heavy (non-hydrogen) atoms. The number of aliphatic hydroxyl groups is 1. The van der Waals surface area contributed by atoms with Crippen LogP contribution in [0.4, 0.5) is 0 Å². The van der Waals surface area contributed by atoms with Gasteiger partial charge in [-0.05, 0) is 48.9 Å². The summed E-state index contributed by atoms with van der Waals surface area (Å²) in [7, 11) is 0. The Bertz CT molecular complexity index is 753. The fourth-order valence-electron chi connectivity index (χ4n) is 2.50. The molecular weight excluding hydrogens is 314 g/mol. The van der Waals surface area contributed by atoms with Crippen molar-refractivity contribution in [3.63, 3.8) is 0 Å². The van der Waals surface area contributed by atoms with E-state index in [2.05, 4.69) is 5.32 Å². The van der Waals surface area contributed by atoms with Gasteiger partial charge in [-0.1, -0.05) is 0 Å². The number of rotatable bonds is 5. The van der Waals surface area contributed by atoms with E-state index in [1.54, 1.807) is 32.0 Å². The molecule has 0 saturated heterocycles. The second-order valence-corrected chi connectivity index (χ2v) is 6.14. The lowest BCUT2D eigenvalue weighted by atomic mass is 9.93. The smallest absolute Gasteiger partial charge is 0.254 e. The Morgan fingerprint density at radius 3 is 2.78 bits per heavy atom. The van der Waals surface area contributed by atoms with Crippen LogP contribution >= 0.6 is 11.3 Å². The predicted octanol–water partition coefficient (Wildman–Crippen LogP) is 3.22. The number of carbonyl (C=O) groups excluding carboxylic acids is 1. The van der Waals surface area contributed by atoms with E-state index >= 15 is 0 Å². The number of carbonyl (C=O) groups is 1. The van der Waals surface area contributed by atoms with E-state index in [0.717, 1.165) is 0 Å². The Morgan fingerprint density at radius 1 is 1.39 bits per heavy atom. The zero-order valence-electron chi connectivity index (χ0n) is 12.8. The third kappa shape index (κ3) is 2.95. The van der Waals surface area contributed by atoms with Gasteiger partial charge in [0.1, 0.15) is 17.3 Å². The van der Waals surface area contributed by atoms with Crippen LogP contribution in [-0.4, -0.2) is 17.6 Å². The van der Waals surface area contributed by atoms with Gasteiger partial charge in [-0.3, -0.25) is 4.79 Å². The number of thiophene rings is 1. The van der Waals surface area contributed by atoms with Crippen LogP contribution in [0, 0.1) is 13.8 Å². The van der Waals surface area contributed by atoms with E-state index in [1.165, 1.54) is 17.6 Å². The van der Waals surface area contributed by atoms with Crippen molar-refractivity contribution in [1.29, 1.82) is 0 Å². The Balaban J connectivity index is 1.83. The van der Waals surface area contributed by atoms with Gasteiger partial charge in [0.25, 0.3) is 5.91 Å². The summed E-state index contributed by atoms with van der Waals surface area (Å²) < 4.78 is 10.7. The van der Waals surface area contributed by atoms with E-state index in [4.69, 9.17) is 8.83 Å². The largest absolute Gasteiger partial charge is 0.466 e. The molecule has 0 unspecified atom stereocenters. The van der Waals surface area contributed by atoms with Gasteiger partial charge in [0.05, 0.1) is 18.4 Å². The lowest BCUT2D eigenvalue weighted by Crippen LogP contribution is -2.41. The molecule has 3 aromatic rings. The van der Waals surface area contributed by atoms with E-state index in [1.807, 2.05) is 16.8 Å². The van der Waals surface area contributed by atoms with Gasteiger partial charge >= 0.3 is 0 Å². The number of aryl methyl sites for hydroxylation is 2. The first-order valence-corrected chi connectivity index (χ1v) is 8.09. The molecule has 0 fully saturated rings. The second-order valence-electron chi connectivity index (χ2n) is 5.36. The highest BCUT2D eigenvalue weighted by Gasteiger charge is 2.35. The Labute approximate surface area is 137 Å². The first-order valence-electron chi connectivity index (χ1n) is 7.15. The molecule has 5 nitrogen and oxygen atoms in total. The molecule has 0 aromatic carbocycles. The monoisotopic (exact) mass is 331 g/mol. The molecule has 0 radical (unpaired) electrons. The summed E-state index contributed by atoms with van der Waals surface area (Å²) in [6.45, 7) is 3.52. The first-order chi connectivity index (χ1) is 11.0. The highest BCUT2D eigenvalue weighted by Crippen LogP contribution is 2.31. The van der Waals surface area contributed by atoms with Crippen LogP contribution in [0.1, 0.15) is 33.2 Å². The van der Waals surface area contributed by atoms with Crippen molar-refractivity contribution in [3.8, 4) is 0 Å². The Morgan fingerprint density at radius 2 is 2.22 bits per heavy atom. The summed E-state index contributed by atoms with van der Waals surface area (Å²) in [6.07, 6.45) is 1.50. The molecule has 2 N–H and O–H groups in total. The molecule has 3 heterocycles. The highest BCUT2D eigenvalue weighted by atomic mass is 32.1. The molecule has 6 heteroatoms. The molecule has 1 atom stereocenters. The van der Waals surface area contributed by atoms with Gasteiger partial charge in [-0.2, -0.15) is 11.3 Å². The van der Waals surface area contributed by atoms with Crippen molar-refractivity contribution in [3.05, 3.63) is 69.7 Å². The average Bonchev–Trinajstić information content (AvgIpc) is 3.26. The van der Waals surface area contributed by atoms with Crippen molar-refractivity contribution in [2.75, 3.05) is 6.54 Å². The quantitative estimate of drug-likeness (QED) is 0.753. The van der Waals surface area contributed by atoms with Crippen molar-refractivity contribution in [2.45, 2.75) is 19.4 Å². The number of furan rings is 2. The Kier molecular flexibility index (Phi) is 4.11. The molecule has 3 rings (SSSR count). The van der Waals surface area contributed by atoms with Crippen molar-refractivity contribution < 1.29 is 18.7 Å². The van der Waals surface area contributed by atoms with Gasteiger partial charge in [-0.25, -0.2) is 0 Å². The average molecular weight is 331 g/mol. The van der Waals surface area contributed by atoms with Crippen LogP contribution in [0.25, 0.3) is 0 Å². The molecule has 0 bridgehead atoms. The summed E-state index contributed by atoms with van der Waals surface area (Å²) in [6, 6.07) is 6.89. The minimum atomic E-state index is -1.41. The normalized spacial score (nSPS) is 13.7. The predicted molar refractivity (Wildman–Crippen MR) is 86.5 cm³/mol. The van der Waals surface area contributed by atoms with Gasteiger partial charge < -0.3 is 19.3 Å². The zero-order valence-corrected chi connectivity index (χ0v) is 13.6. The number of amides is 1. The lowest BCUT2D eigenvalue weighted by Gasteiger charge is -2.25. The van der Waals surface area contributed by atoms with Crippen molar-refractivity contribution in [2.24, 2.45) is 0 Å². The summed E-state index contributed by atoms with van der Waals surface area (Å²) in [5.74, 6) is 1.32. The molecule has 0 aliphatic carbocycles. The van der Waals surface area contributed by atoms with E-state index in [0.29, 0.717) is 28.4 Å². The van der Waals surface area contributed by atoms with Crippen LogP contribution < -0.4 is 5.32 Å². The summed E-state index contributed by atoms with van der Waals surface area (Å²) >= 11 is 1.47. The topological polar surface area (TPSA) is 75.6 Å². The minimum absolute atomic E-state index is 0.000250. The highest BCUT2D eigenvalue weighted by molar-refractivity contribution is 7.08. The summed E-state index contributed by atoms with van der Waals surface area (Å²) in [5.41, 5.74) is -0.265. The molecule has 0 saturated carbocycles. The summed E-state index contributed by atoms with van der Waals surface area (Å²) in [4.78, 5) is 12.4. The molecule has 120 valence electrons. The van der Waals surface area contributed by atoms with E-state index in [9.17, 15) is 9.90 Å². The molecule has 0 aliphatic heterocycles. The van der Waals surface area contributed by atoms with Crippen LogP contribution in [-0.2, 0) is 5.60 Å². The van der Waals surface area contributed by atoms with Gasteiger partial charge in [0.2, 0.25) is 0 Å². The lowest BCUT2D eigenvalue weighted by molar-refractivity contribution is 0.0528. The maximum Gasteiger partial charge on any atom is 0.254 e. The molecule has 0 aliphatic rings. The van der Waals surface area contributed by atoms with Crippen LogP contribution in [0.2, 0.25) is 0 Å². The third-order valence-electron chi connectivity index (χ3n) is 3.72. The van der Waals surface area contributed by atoms with E-state index < -0.39 is 5.60 Å². The standard InChI is InChI=1S/C17H17NO4S/c1-11-8-14(12(2)22-11)16(19)18-10-17(20,13-5-7-23-9-13)15-4-3-6-21-15/h3-9,20H,10H2,1-2H3,(H,18,19)/t17-/m1/s1. The maximum atomic E-state index is 12.4. The fourth-order valence-corrected chi connectivity index (χ4v) is 3.23. The molecule has 3 aromatic heterocycles. The maximum absolute atomic E-state index is 12.4. The minimum Gasteiger partial charge on any atom is -0.466 e. The number of hydrogen-bond donors (Lipinski definition) is 2. The van der Waals surface area contributed by atoms with Crippen molar-refractivity contribution >= 4 is 17.2 Å². The van der Waals surface area contributed by atoms with Gasteiger partial charge in [-0.15, -0.1) is 0 Å². The fraction of sp³-hybridized carbons (Fsp3) is 0.235. The summed E-state index contributed by atoms with van der Waals surface area (Å²) in [5, 5.41) is 17.5. The van der Waals surface area contributed by atoms with Crippen LogP contribution in [0.5, 0.6) is 0 Å². The van der Waals surface area contributed by atoms with Crippen LogP contribution in [0.15, 0.2) is 50.1 Å². The van der Waals surface area contributed by atoms with Crippen LogP contribution in [0.3, 0.4) is 0 Å². The zero-order chi connectivity index (χ0) is 16.4. The third-order valence-corrected chi connectivity index (χ3v) is 4.40. The SMILES string of the molecule is Cc1cc(C(=O)NC[C@@](O)(c2ccsc2)c2ccco2)c(C)o1. The molecule has 0 spiro atoms. The second kappa shape index (κ2) is 6.06. The van der Waals surface area contributed by atoms with E-state index in [-0.39, 0.29) is 12.5 Å². The first kappa shape index (κ1) is 15.6. The number of hydrogen-bond acceptors (Lipinski definition) is 5. The van der Waals surface area contributed by atoms with Crippen molar-refractivity contribution in [1.82, 2.24) is 5.32 Å². The number of nitrogens with one attached hydrogen (secondary N) is 1. The molecule has 1 amide bonds. The van der Waals surface area contributed by atoms with Gasteiger partial charge in [0, 0.05) is 5.56 Å². The van der Waals surface area contributed by atoms with Gasteiger partial charge in [0.15, 0.2) is 5.60 Å². The Hall–Kier alpha value is -2.31.